The fraction of sp³-hybridized carbons (Fsp3) is 0.125. The Kier molecular flexibility index (Phi) is 3.47. The number of rotatable bonds is 4. The summed E-state index contributed by atoms with van der Waals surface area (Å²) in [6.45, 7) is 0.761. The summed E-state index contributed by atoms with van der Waals surface area (Å²) in [4.78, 5) is 6.14. The molecule has 0 N–H and O–H groups in total. The molecule has 0 atom stereocenters. The summed E-state index contributed by atoms with van der Waals surface area (Å²) in [5.74, 6) is 1.63. The van der Waals surface area contributed by atoms with Gasteiger partial charge in [0.25, 0.3) is 0 Å². The number of pyridine rings is 1. The summed E-state index contributed by atoms with van der Waals surface area (Å²) in [5.41, 5.74) is 2.96. The molecule has 0 unspecified atom stereocenters. The van der Waals surface area contributed by atoms with E-state index < -0.39 is 0 Å². The Bertz CT molecular complexity index is 916. The number of anilines is 1. The van der Waals surface area contributed by atoms with Crippen LogP contribution in [0.3, 0.4) is 0 Å². The largest absolute Gasteiger partial charge is 0.354 e. The van der Waals surface area contributed by atoms with E-state index in [-0.39, 0.29) is 0 Å². The lowest BCUT2D eigenvalue weighted by Gasteiger charge is -2.18. The molecule has 6 nitrogen and oxygen atoms in total. The van der Waals surface area contributed by atoms with E-state index in [9.17, 15) is 0 Å². The molecule has 0 aromatic carbocycles. The van der Waals surface area contributed by atoms with Crippen molar-refractivity contribution in [1.82, 2.24) is 24.8 Å². The van der Waals surface area contributed by atoms with Gasteiger partial charge in [0.2, 0.25) is 0 Å². The highest BCUT2D eigenvalue weighted by Gasteiger charge is 2.12. The van der Waals surface area contributed by atoms with Crippen molar-refractivity contribution in [3.05, 3.63) is 59.0 Å². The minimum absolute atomic E-state index is 0.743. The fourth-order valence-corrected chi connectivity index (χ4v) is 3.03. The Morgan fingerprint density at radius 1 is 1.09 bits per heavy atom. The molecule has 0 aliphatic heterocycles. The fourth-order valence-electron chi connectivity index (χ4n) is 2.40. The first-order valence-electron chi connectivity index (χ1n) is 7.16. The van der Waals surface area contributed by atoms with Gasteiger partial charge in [0.1, 0.15) is 5.82 Å². The predicted molar refractivity (Wildman–Crippen MR) is 90.4 cm³/mol. The third-order valence-electron chi connectivity index (χ3n) is 3.59. The van der Waals surface area contributed by atoms with Crippen LogP contribution in [0.25, 0.3) is 17.0 Å². The van der Waals surface area contributed by atoms with Crippen LogP contribution in [0, 0.1) is 0 Å². The van der Waals surface area contributed by atoms with Crippen LogP contribution in [0.15, 0.2) is 53.5 Å². The van der Waals surface area contributed by atoms with Crippen LogP contribution in [0.1, 0.15) is 5.56 Å². The van der Waals surface area contributed by atoms with Crippen LogP contribution in [0.4, 0.5) is 5.82 Å². The number of hydrogen-bond donors (Lipinski definition) is 0. The first kappa shape index (κ1) is 13.8. The van der Waals surface area contributed by atoms with Crippen LogP contribution < -0.4 is 4.90 Å². The van der Waals surface area contributed by atoms with Crippen LogP contribution >= 0.6 is 11.3 Å². The normalized spacial score (nSPS) is 11.0. The lowest BCUT2D eigenvalue weighted by atomic mass is 10.2. The van der Waals surface area contributed by atoms with Crippen molar-refractivity contribution in [2.24, 2.45) is 0 Å². The maximum absolute atomic E-state index is 4.69. The summed E-state index contributed by atoms with van der Waals surface area (Å²) in [6.07, 6.45) is 3.60. The minimum atomic E-state index is 0.743. The Hall–Kier alpha value is -2.80. The van der Waals surface area contributed by atoms with E-state index in [1.165, 1.54) is 5.56 Å². The highest BCUT2D eigenvalue weighted by atomic mass is 32.1. The van der Waals surface area contributed by atoms with Crippen molar-refractivity contribution in [2.75, 3.05) is 11.9 Å². The van der Waals surface area contributed by atoms with E-state index in [1.807, 2.05) is 48.1 Å². The quantitative estimate of drug-likeness (QED) is 0.578. The second kappa shape index (κ2) is 5.77. The first-order valence-corrected chi connectivity index (χ1v) is 8.10. The average Bonchev–Trinajstić information content (AvgIpc) is 3.24. The number of hydrogen-bond acceptors (Lipinski definition) is 6. The third-order valence-corrected chi connectivity index (χ3v) is 4.27. The van der Waals surface area contributed by atoms with Gasteiger partial charge in [-0.05, 0) is 41.3 Å². The summed E-state index contributed by atoms with van der Waals surface area (Å²) in [5, 5.41) is 17.2. The Morgan fingerprint density at radius 2 is 1.96 bits per heavy atom. The second-order valence-electron chi connectivity index (χ2n) is 5.21. The van der Waals surface area contributed by atoms with Gasteiger partial charge >= 0.3 is 0 Å². The topological polar surface area (TPSA) is 59.2 Å². The molecular weight excluding hydrogens is 308 g/mol. The van der Waals surface area contributed by atoms with Crippen molar-refractivity contribution in [3.63, 3.8) is 0 Å². The van der Waals surface area contributed by atoms with Crippen LogP contribution in [0.5, 0.6) is 0 Å². The van der Waals surface area contributed by atoms with E-state index in [0.29, 0.717) is 0 Å². The number of fused-ring (bicyclic) bond motifs is 1. The Balaban J connectivity index is 1.69. The molecule has 0 spiro atoms. The number of thiophene rings is 1. The summed E-state index contributed by atoms with van der Waals surface area (Å²) < 4.78 is 1.79. The molecule has 0 amide bonds. The number of aromatic nitrogens is 5. The minimum Gasteiger partial charge on any atom is -0.354 e. The molecule has 4 rings (SSSR count). The van der Waals surface area contributed by atoms with Crippen LogP contribution in [-0.4, -0.2) is 31.8 Å². The third kappa shape index (κ3) is 2.66. The molecule has 0 bridgehead atoms. The molecule has 0 aliphatic rings. The lowest BCUT2D eigenvalue weighted by Crippen LogP contribution is -2.18. The monoisotopic (exact) mass is 322 g/mol. The zero-order valence-corrected chi connectivity index (χ0v) is 13.3. The van der Waals surface area contributed by atoms with Gasteiger partial charge in [-0.15, -0.1) is 15.3 Å². The Labute approximate surface area is 137 Å². The molecule has 4 aromatic heterocycles. The van der Waals surface area contributed by atoms with Gasteiger partial charge < -0.3 is 4.90 Å². The maximum Gasteiger partial charge on any atom is 0.186 e. The molecule has 23 heavy (non-hydrogen) atoms. The van der Waals surface area contributed by atoms with E-state index in [1.54, 1.807) is 28.2 Å². The molecule has 0 radical (unpaired) electrons. The molecule has 4 aromatic rings. The van der Waals surface area contributed by atoms with Gasteiger partial charge in [-0.1, -0.05) is 0 Å². The van der Waals surface area contributed by atoms with E-state index in [4.69, 9.17) is 5.10 Å². The van der Waals surface area contributed by atoms with Gasteiger partial charge in [0.05, 0.1) is 0 Å². The second-order valence-corrected chi connectivity index (χ2v) is 5.99. The van der Waals surface area contributed by atoms with Crippen LogP contribution in [-0.2, 0) is 6.54 Å². The molecule has 0 saturated carbocycles. The average molecular weight is 322 g/mol. The van der Waals surface area contributed by atoms with E-state index in [2.05, 4.69) is 20.1 Å². The predicted octanol–water partition coefficient (Wildman–Crippen LogP) is 2.88. The molecule has 7 heteroatoms. The molecule has 0 fully saturated rings. The van der Waals surface area contributed by atoms with Crippen molar-refractivity contribution in [3.8, 4) is 11.4 Å². The van der Waals surface area contributed by atoms with Crippen molar-refractivity contribution >= 4 is 22.8 Å². The molecule has 114 valence electrons. The van der Waals surface area contributed by atoms with Crippen molar-refractivity contribution in [2.45, 2.75) is 6.54 Å². The first-order chi connectivity index (χ1) is 11.3. The zero-order valence-electron chi connectivity index (χ0n) is 12.5. The molecule has 0 aliphatic carbocycles. The molecular formula is C16H14N6S. The molecule has 0 saturated heterocycles. The van der Waals surface area contributed by atoms with Crippen molar-refractivity contribution in [1.29, 1.82) is 0 Å². The highest BCUT2D eigenvalue weighted by Crippen LogP contribution is 2.21. The molecule has 4 heterocycles. The zero-order chi connectivity index (χ0) is 15.6. The van der Waals surface area contributed by atoms with Crippen LogP contribution in [0.2, 0.25) is 0 Å². The van der Waals surface area contributed by atoms with Crippen molar-refractivity contribution < 1.29 is 0 Å². The van der Waals surface area contributed by atoms with Gasteiger partial charge in [0, 0.05) is 36.9 Å². The maximum atomic E-state index is 4.69. The van der Waals surface area contributed by atoms with E-state index in [0.717, 1.165) is 29.4 Å². The smallest absolute Gasteiger partial charge is 0.186 e. The highest BCUT2D eigenvalue weighted by molar-refractivity contribution is 7.08. The van der Waals surface area contributed by atoms with Gasteiger partial charge in [-0.25, -0.2) is 0 Å². The lowest BCUT2D eigenvalue weighted by molar-refractivity contribution is 0.841. The summed E-state index contributed by atoms with van der Waals surface area (Å²) in [7, 11) is 2.02. The standard InChI is InChI=1S/C16H14N6S/c1-21(10-12-4-7-17-8-5-12)15-3-2-14-18-19-16(22(14)20-15)13-6-9-23-11-13/h2-9,11H,10H2,1H3. The Morgan fingerprint density at radius 3 is 2.74 bits per heavy atom. The SMILES string of the molecule is CN(Cc1ccncc1)c1ccc2nnc(-c3ccsc3)n2n1. The summed E-state index contributed by atoms with van der Waals surface area (Å²) >= 11 is 1.63. The van der Waals surface area contributed by atoms with Gasteiger partial charge in [-0.3, -0.25) is 4.98 Å². The number of nitrogens with zero attached hydrogens (tertiary/aromatic N) is 6. The summed E-state index contributed by atoms with van der Waals surface area (Å²) in [6, 6.07) is 9.93. The van der Waals surface area contributed by atoms with Gasteiger partial charge in [-0.2, -0.15) is 15.9 Å². The van der Waals surface area contributed by atoms with Gasteiger partial charge in [0.15, 0.2) is 11.5 Å². The van der Waals surface area contributed by atoms with E-state index >= 15 is 0 Å².